The number of aromatic amines is 1. The lowest BCUT2D eigenvalue weighted by molar-refractivity contribution is 0.0513. The van der Waals surface area contributed by atoms with E-state index in [4.69, 9.17) is 4.74 Å². The van der Waals surface area contributed by atoms with Gasteiger partial charge in [0.1, 0.15) is 0 Å². The Kier molecular flexibility index (Phi) is 3.00. The van der Waals surface area contributed by atoms with Gasteiger partial charge in [-0.1, -0.05) is 30.3 Å². The molecular weight excluding hydrogens is 204 g/mol. The first kappa shape index (κ1) is 10.4. The van der Waals surface area contributed by atoms with Gasteiger partial charge < -0.3 is 9.72 Å². The van der Waals surface area contributed by atoms with Crippen molar-refractivity contribution in [3.8, 4) is 11.3 Å². The molecule has 0 aliphatic rings. The number of rotatable bonds is 3. The molecule has 4 nitrogen and oxygen atoms in total. The van der Waals surface area contributed by atoms with Gasteiger partial charge in [0.15, 0.2) is 0 Å². The molecule has 0 unspecified atom stereocenters. The third-order valence-electron chi connectivity index (χ3n) is 2.13. The first-order valence-electron chi connectivity index (χ1n) is 5.09. The van der Waals surface area contributed by atoms with Crippen LogP contribution in [0.5, 0.6) is 0 Å². The van der Waals surface area contributed by atoms with Crippen LogP contribution < -0.4 is 0 Å². The van der Waals surface area contributed by atoms with E-state index in [1.165, 1.54) is 0 Å². The largest absolute Gasteiger partial charge is 0.460 e. The van der Waals surface area contributed by atoms with E-state index in [2.05, 4.69) is 9.97 Å². The van der Waals surface area contributed by atoms with Crippen molar-refractivity contribution in [2.24, 2.45) is 0 Å². The summed E-state index contributed by atoms with van der Waals surface area (Å²) in [5.74, 6) is -0.189. The molecule has 2 rings (SSSR count). The lowest BCUT2D eigenvalue weighted by atomic mass is 10.2. The molecule has 1 aromatic carbocycles. The van der Waals surface area contributed by atoms with Gasteiger partial charge in [0, 0.05) is 0 Å². The van der Waals surface area contributed by atoms with Gasteiger partial charge in [0.2, 0.25) is 5.82 Å². The molecule has 1 N–H and O–H groups in total. The van der Waals surface area contributed by atoms with Crippen molar-refractivity contribution in [2.75, 3.05) is 6.61 Å². The Labute approximate surface area is 93.3 Å². The summed E-state index contributed by atoms with van der Waals surface area (Å²) in [6, 6.07) is 9.69. The molecule has 2 aromatic rings. The summed E-state index contributed by atoms with van der Waals surface area (Å²) in [6.45, 7) is 2.11. The number of benzene rings is 1. The number of hydrogen-bond acceptors (Lipinski definition) is 3. The van der Waals surface area contributed by atoms with Gasteiger partial charge >= 0.3 is 5.97 Å². The Balaban J connectivity index is 2.23. The number of carbonyl (C=O) groups excluding carboxylic acids is 1. The van der Waals surface area contributed by atoms with E-state index in [-0.39, 0.29) is 5.82 Å². The second-order valence-corrected chi connectivity index (χ2v) is 3.23. The number of imidazole rings is 1. The molecule has 0 radical (unpaired) electrons. The van der Waals surface area contributed by atoms with Crippen molar-refractivity contribution >= 4 is 5.97 Å². The Morgan fingerprint density at radius 3 is 2.81 bits per heavy atom. The summed E-state index contributed by atoms with van der Waals surface area (Å²) in [5, 5.41) is 0. The maximum Gasteiger partial charge on any atom is 0.374 e. The highest BCUT2D eigenvalue weighted by atomic mass is 16.5. The second kappa shape index (κ2) is 4.61. The van der Waals surface area contributed by atoms with Crippen molar-refractivity contribution in [3.05, 3.63) is 42.4 Å². The molecule has 4 heteroatoms. The third-order valence-corrected chi connectivity index (χ3v) is 2.13. The Morgan fingerprint density at radius 1 is 1.38 bits per heavy atom. The molecule has 0 aliphatic carbocycles. The zero-order valence-electron chi connectivity index (χ0n) is 8.93. The van der Waals surface area contributed by atoms with Crippen LogP contribution in [0.15, 0.2) is 36.5 Å². The van der Waals surface area contributed by atoms with E-state index in [0.717, 1.165) is 11.3 Å². The number of esters is 1. The van der Waals surface area contributed by atoms with Gasteiger partial charge in [-0.15, -0.1) is 0 Å². The number of hydrogen-bond donors (Lipinski definition) is 1. The van der Waals surface area contributed by atoms with Crippen molar-refractivity contribution in [3.63, 3.8) is 0 Å². The van der Waals surface area contributed by atoms with E-state index in [1.807, 2.05) is 30.3 Å². The van der Waals surface area contributed by atoms with Gasteiger partial charge in [-0.05, 0) is 12.5 Å². The van der Waals surface area contributed by atoms with Crippen LogP contribution in [-0.2, 0) is 4.74 Å². The van der Waals surface area contributed by atoms with Crippen molar-refractivity contribution < 1.29 is 9.53 Å². The monoisotopic (exact) mass is 216 g/mol. The summed E-state index contributed by atoms with van der Waals surface area (Å²) in [5.41, 5.74) is 1.80. The van der Waals surface area contributed by atoms with E-state index in [9.17, 15) is 4.79 Å². The molecule has 0 saturated carbocycles. The van der Waals surface area contributed by atoms with Gasteiger partial charge in [-0.2, -0.15) is 0 Å². The number of nitrogens with zero attached hydrogens (tertiary/aromatic N) is 1. The first-order valence-corrected chi connectivity index (χ1v) is 5.09. The molecule has 1 aromatic heterocycles. The number of H-pyrrole nitrogens is 1. The third kappa shape index (κ3) is 2.11. The summed E-state index contributed by atoms with van der Waals surface area (Å²) in [6.07, 6.45) is 1.63. The van der Waals surface area contributed by atoms with Crippen LogP contribution >= 0.6 is 0 Å². The first-order chi connectivity index (χ1) is 7.81. The van der Waals surface area contributed by atoms with Crippen LogP contribution in [0, 0.1) is 0 Å². The minimum absolute atomic E-state index is 0.237. The number of carbonyl (C=O) groups is 1. The van der Waals surface area contributed by atoms with E-state index in [1.54, 1.807) is 13.1 Å². The minimum Gasteiger partial charge on any atom is -0.460 e. The predicted molar refractivity (Wildman–Crippen MR) is 60.0 cm³/mol. The van der Waals surface area contributed by atoms with Crippen LogP contribution in [0.1, 0.15) is 17.5 Å². The van der Waals surface area contributed by atoms with Crippen molar-refractivity contribution in [2.45, 2.75) is 6.92 Å². The summed E-state index contributed by atoms with van der Waals surface area (Å²) < 4.78 is 4.84. The smallest absolute Gasteiger partial charge is 0.374 e. The van der Waals surface area contributed by atoms with Crippen LogP contribution in [0.2, 0.25) is 0 Å². The molecule has 0 saturated heterocycles. The predicted octanol–water partition coefficient (Wildman–Crippen LogP) is 2.25. The van der Waals surface area contributed by atoms with Crippen molar-refractivity contribution in [1.29, 1.82) is 0 Å². The molecule has 0 spiro atoms. The number of aromatic nitrogens is 2. The van der Waals surface area contributed by atoms with Gasteiger partial charge in [-0.3, -0.25) is 0 Å². The van der Waals surface area contributed by atoms with Crippen molar-refractivity contribution in [1.82, 2.24) is 9.97 Å². The van der Waals surface area contributed by atoms with Gasteiger partial charge in [-0.25, -0.2) is 9.78 Å². The lowest BCUT2D eigenvalue weighted by Crippen LogP contribution is -2.06. The summed E-state index contributed by atoms with van der Waals surface area (Å²) in [7, 11) is 0. The van der Waals surface area contributed by atoms with Gasteiger partial charge in [0.25, 0.3) is 0 Å². The number of nitrogens with one attached hydrogen (secondary N) is 1. The molecule has 0 aliphatic heterocycles. The molecular formula is C12H12N2O2. The minimum atomic E-state index is -0.426. The molecule has 16 heavy (non-hydrogen) atoms. The molecule has 0 amide bonds. The normalized spacial score (nSPS) is 10.1. The zero-order chi connectivity index (χ0) is 11.4. The maximum atomic E-state index is 11.4. The Morgan fingerprint density at radius 2 is 2.12 bits per heavy atom. The lowest BCUT2D eigenvalue weighted by Gasteiger charge is -1.97. The highest BCUT2D eigenvalue weighted by Crippen LogP contribution is 2.16. The molecule has 1 heterocycles. The maximum absolute atomic E-state index is 11.4. The van der Waals surface area contributed by atoms with Crippen LogP contribution in [0.25, 0.3) is 11.3 Å². The van der Waals surface area contributed by atoms with E-state index in [0.29, 0.717) is 6.61 Å². The average molecular weight is 216 g/mol. The standard InChI is InChI=1S/C12H12N2O2/c1-2-16-12(15)11-13-8-10(14-11)9-6-4-3-5-7-9/h3-8H,2H2,1H3,(H,13,14). The van der Waals surface area contributed by atoms with Crippen LogP contribution in [0.3, 0.4) is 0 Å². The Bertz CT molecular complexity index is 477. The average Bonchev–Trinajstić information content (AvgIpc) is 2.80. The highest BCUT2D eigenvalue weighted by Gasteiger charge is 2.11. The highest BCUT2D eigenvalue weighted by molar-refractivity contribution is 5.86. The fraction of sp³-hybridized carbons (Fsp3) is 0.167. The zero-order valence-corrected chi connectivity index (χ0v) is 8.93. The molecule has 82 valence electrons. The van der Waals surface area contributed by atoms with E-state index >= 15 is 0 Å². The Hall–Kier alpha value is -2.10. The molecule has 0 fully saturated rings. The second-order valence-electron chi connectivity index (χ2n) is 3.23. The van der Waals surface area contributed by atoms with Gasteiger partial charge in [0.05, 0.1) is 18.5 Å². The SMILES string of the molecule is CCOC(=O)c1ncc(-c2ccccc2)[nH]1. The topological polar surface area (TPSA) is 55.0 Å². The summed E-state index contributed by atoms with van der Waals surface area (Å²) in [4.78, 5) is 18.3. The molecule has 0 atom stereocenters. The quantitative estimate of drug-likeness (QED) is 0.800. The summed E-state index contributed by atoms with van der Waals surface area (Å²) >= 11 is 0. The van der Waals surface area contributed by atoms with Crippen LogP contribution in [0.4, 0.5) is 0 Å². The number of ether oxygens (including phenoxy) is 1. The fourth-order valence-electron chi connectivity index (χ4n) is 1.39. The fourth-order valence-corrected chi connectivity index (χ4v) is 1.39. The van der Waals surface area contributed by atoms with Crippen LogP contribution in [-0.4, -0.2) is 22.5 Å². The van der Waals surface area contributed by atoms with E-state index < -0.39 is 5.97 Å². The molecule has 0 bridgehead atoms.